The molecule has 1 unspecified atom stereocenters. The lowest BCUT2D eigenvalue weighted by molar-refractivity contribution is 0.120. The minimum absolute atomic E-state index is 0.0210. The van der Waals surface area contributed by atoms with Crippen molar-refractivity contribution in [3.8, 4) is 0 Å². The van der Waals surface area contributed by atoms with E-state index in [0.29, 0.717) is 0 Å². The fraction of sp³-hybridized carbons (Fsp3) is 0.412. The van der Waals surface area contributed by atoms with Crippen LogP contribution in [0.3, 0.4) is 0 Å². The van der Waals surface area contributed by atoms with E-state index in [2.05, 4.69) is 54.4 Å². The van der Waals surface area contributed by atoms with Crippen LogP contribution in [0.4, 0.5) is 0 Å². The van der Waals surface area contributed by atoms with Gasteiger partial charge in [0.25, 0.3) is 0 Å². The van der Waals surface area contributed by atoms with Gasteiger partial charge in [-0.05, 0) is 30.3 Å². The standard InChI is InChI=1S/C17H24N2O/c1-3-20-12-11-19(2)13-17(18)16-10-6-8-14-7-4-5-9-15(14)16/h4-10,17H,3,11-13,18H2,1-2H3. The maximum absolute atomic E-state index is 6.38. The first-order valence-corrected chi connectivity index (χ1v) is 7.22. The van der Waals surface area contributed by atoms with Crippen molar-refractivity contribution >= 4 is 10.8 Å². The van der Waals surface area contributed by atoms with Crippen molar-refractivity contribution in [2.75, 3.05) is 33.4 Å². The molecule has 0 fully saturated rings. The summed E-state index contributed by atoms with van der Waals surface area (Å²) in [4.78, 5) is 2.22. The van der Waals surface area contributed by atoms with Gasteiger partial charge in [-0.2, -0.15) is 0 Å². The fourth-order valence-corrected chi connectivity index (χ4v) is 2.46. The zero-order valence-electron chi connectivity index (χ0n) is 12.4. The Morgan fingerprint density at radius 3 is 2.70 bits per heavy atom. The Hall–Kier alpha value is -1.42. The van der Waals surface area contributed by atoms with Gasteiger partial charge in [-0.1, -0.05) is 42.5 Å². The molecule has 20 heavy (non-hydrogen) atoms. The molecule has 1 atom stereocenters. The quantitative estimate of drug-likeness (QED) is 0.788. The molecule has 0 heterocycles. The van der Waals surface area contributed by atoms with Gasteiger partial charge < -0.3 is 15.4 Å². The van der Waals surface area contributed by atoms with Crippen LogP contribution in [-0.4, -0.2) is 38.3 Å². The highest BCUT2D eigenvalue weighted by molar-refractivity contribution is 5.86. The minimum atomic E-state index is 0.0210. The molecule has 0 spiro atoms. The van der Waals surface area contributed by atoms with E-state index in [1.54, 1.807) is 0 Å². The van der Waals surface area contributed by atoms with Gasteiger partial charge in [-0.3, -0.25) is 0 Å². The SMILES string of the molecule is CCOCCN(C)CC(N)c1cccc2ccccc12. The molecule has 0 radical (unpaired) electrons. The molecule has 0 aromatic heterocycles. The number of likely N-dealkylation sites (N-methyl/N-ethyl adjacent to an activating group) is 1. The average molecular weight is 272 g/mol. The maximum Gasteiger partial charge on any atom is 0.0593 e. The summed E-state index contributed by atoms with van der Waals surface area (Å²) in [6.45, 7) is 5.29. The van der Waals surface area contributed by atoms with Crippen molar-refractivity contribution in [3.05, 3.63) is 48.0 Å². The number of rotatable bonds is 7. The van der Waals surface area contributed by atoms with Crippen molar-refractivity contribution in [1.29, 1.82) is 0 Å². The van der Waals surface area contributed by atoms with E-state index >= 15 is 0 Å². The van der Waals surface area contributed by atoms with Gasteiger partial charge in [-0.25, -0.2) is 0 Å². The molecule has 3 nitrogen and oxygen atoms in total. The van der Waals surface area contributed by atoms with Crippen LogP contribution in [0.1, 0.15) is 18.5 Å². The van der Waals surface area contributed by atoms with Crippen LogP contribution in [0.15, 0.2) is 42.5 Å². The highest BCUT2D eigenvalue weighted by atomic mass is 16.5. The summed E-state index contributed by atoms with van der Waals surface area (Å²) in [6.07, 6.45) is 0. The van der Waals surface area contributed by atoms with Gasteiger partial charge >= 0.3 is 0 Å². The lowest BCUT2D eigenvalue weighted by Gasteiger charge is -2.22. The Balaban J connectivity index is 2.05. The van der Waals surface area contributed by atoms with Crippen molar-refractivity contribution in [3.63, 3.8) is 0 Å². The Bertz CT molecular complexity index is 536. The molecular formula is C17H24N2O. The number of hydrogen-bond acceptors (Lipinski definition) is 3. The summed E-state index contributed by atoms with van der Waals surface area (Å²) in [5.74, 6) is 0. The minimum Gasteiger partial charge on any atom is -0.380 e. The third kappa shape index (κ3) is 3.79. The number of hydrogen-bond donors (Lipinski definition) is 1. The molecule has 2 rings (SSSR count). The Kier molecular flexibility index (Phi) is 5.53. The summed E-state index contributed by atoms with van der Waals surface area (Å²) in [5.41, 5.74) is 7.60. The van der Waals surface area contributed by atoms with E-state index in [1.807, 2.05) is 6.92 Å². The zero-order valence-corrected chi connectivity index (χ0v) is 12.4. The molecule has 0 aliphatic rings. The van der Waals surface area contributed by atoms with Gasteiger partial charge in [0.15, 0.2) is 0 Å². The number of nitrogens with zero attached hydrogens (tertiary/aromatic N) is 1. The molecule has 0 aliphatic heterocycles. The molecule has 0 saturated carbocycles. The second kappa shape index (κ2) is 7.39. The molecule has 0 aliphatic carbocycles. The molecule has 0 saturated heterocycles. The summed E-state index contributed by atoms with van der Waals surface area (Å²) in [7, 11) is 2.09. The number of ether oxygens (including phenoxy) is 1. The lowest BCUT2D eigenvalue weighted by Crippen LogP contribution is -2.31. The van der Waals surface area contributed by atoms with Crippen LogP contribution in [0.25, 0.3) is 10.8 Å². The van der Waals surface area contributed by atoms with Gasteiger partial charge in [0.05, 0.1) is 6.61 Å². The summed E-state index contributed by atoms with van der Waals surface area (Å²) in [5, 5.41) is 2.50. The van der Waals surface area contributed by atoms with E-state index in [0.717, 1.165) is 26.3 Å². The molecule has 0 bridgehead atoms. The maximum atomic E-state index is 6.38. The first-order valence-electron chi connectivity index (χ1n) is 7.22. The third-order valence-electron chi connectivity index (χ3n) is 3.55. The molecule has 2 aromatic rings. The van der Waals surface area contributed by atoms with Gasteiger partial charge in [0.2, 0.25) is 0 Å². The predicted molar refractivity (Wildman–Crippen MR) is 84.9 cm³/mol. The predicted octanol–water partition coefficient (Wildman–Crippen LogP) is 2.81. The van der Waals surface area contributed by atoms with E-state index in [-0.39, 0.29) is 6.04 Å². The average Bonchev–Trinajstić information content (AvgIpc) is 2.47. The fourth-order valence-electron chi connectivity index (χ4n) is 2.46. The summed E-state index contributed by atoms with van der Waals surface area (Å²) >= 11 is 0. The molecular weight excluding hydrogens is 248 g/mol. The number of fused-ring (bicyclic) bond motifs is 1. The van der Waals surface area contributed by atoms with Gasteiger partial charge in [0.1, 0.15) is 0 Å². The number of nitrogens with two attached hydrogens (primary N) is 1. The van der Waals surface area contributed by atoms with Crippen LogP contribution >= 0.6 is 0 Å². The van der Waals surface area contributed by atoms with Crippen LogP contribution < -0.4 is 5.73 Å². The highest BCUT2D eigenvalue weighted by Crippen LogP contribution is 2.23. The number of benzene rings is 2. The van der Waals surface area contributed by atoms with E-state index < -0.39 is 0 Å². The van der Waals surface area contributed by atoms with Crippen LogP contribution in [0.5, 0.6) is 0 Å². The third-order valence-corrected chi connectivity index (χ3v) is 3.55. The smallest absolute Gasteiger partial charge is 0.0593 e. The monoisotopic (exact) mass is 272 g/mol. The zero-order chi connectivity index (χ0) is 14.4. The highest BCUT2D eigenvalue weighted by Gasteiger charge is 2.11. The molecule has 2 N–H and O–H groups in total. The Morgan fingerprint density at radius 1 is 1.15 bits per heavy atom. The van der Waals surface area contributed by atoms with Gasteiger partial charge in [0, 0.05) is 25.7 Å². The normalized spacial score (nSPS) is 13.0. The first-order chi connectivity index (χ1) is 9.72. The van der Waals surface area contributed by atoms with Crippen LogP contribution in [0.2, 0.25) is 0 Å². The Morgan fingerprint density at radius 2 is 1.90 bits per heavy atom. The van der Waals surface area contributed by atoms with E-state index in [9.17, 15) is 0 Å². The largest absolute Gasteiger partial charge is 0.380 e. The van der Waals surface area contributed by atoms with Crippen LogP contribution in [0, 0.1) is 0 Å². The molecule has 2 aromatic carbocycles. The second-order valence-corrected chi connectivity index (χ2v) is 5.13. The van der Waals surface area contributed by atoms with Crippen molar-refractivity contribution in [2.24, 2.45) is 5.73 Å². The summed E-state index contributed by atoms with van der Waals surface area (Å²) < 4.78 is 5.38. The topological polar surface area (TPSA) is 38.5 Å². The molecule has 108 valence electrons. The molecule has 3 heteroatoms. The Labute approximate surface area is 121 Å². The second-order valence-electron chi connectivity index (χ2n) is 5.13. The van der Waals surface area contributed by atoms with Crippen LogP contribution in [-0.2, 0) is 4.74 Å². The summed E-state index contributed by atoms with van der Waals surface area (Å²) in [6, 6.07) is 14.8. The van der Waals surface area contributed by atoms with Crippen molar-refractivity contribution in [2.45, 2.75) is 13.0 Å². The lowest BCUT2D eigenvalue weighted by atomic mass is 9.99. The van der Waals surface area contributed by atoms with E-state index in [1.165, 1.54) is 16.3 Å². The van der Waals surface area contributed by atoms with Crippen molar-refractivity contribution < 1.29 is 4.74 Å². The molecule has 0 amide bonds. The van der Waals surface area contributed by atoms with Crippen molar-refractivity contribution in [1.82, 2.24) is 4.90 Å². The first kappa shape index (κ1) is 15.0. The van der Waals surface area contributed by atoms with E-state index in [4.69, 9.17) is 10.5 Å². The van der Waals surface area contributed by atoms with Gasteiger partial charge in [-0.15, -0.1) is 0 Å².